The van der Waals surface area contributed by atoms with Gasteiger partial charge in [-0.05, 0) is 66.1 Å². The van der Waals surface area contributed by atoms with Crippen LogP contribution in [0.4, 0.5) is 11.6 Å². The molecule has 4 amide bonds. The maximum Gasteiger partial charge on any atom is 0.262 e. The number of imide groups is 2. The van der Waals surface area contributed by atoms with Crippen molar-refractivity contribution in [3.8, 4) is 17.6 Å². The Hall–Kier alpha value is -5.79. The van der Waals surface area contributed by atoms with Crippen molar-refractivity contribution in [2.75, 3.05) is 74.6 Å². The molecule has 1 unspecified atom stereocenters. The second-order valence-corrected chi connectivity index (χ2v) is 17.9. The molecule has 1 aromatic heterocycles. The number of hydrogen-bond acceptors (Lipinski definition) is 13. The summed E-state index contributed by atoms with van der Waals surface area (Å²) < 4.78 is 11.8. The van der Waals surface area contributed by atoms with Crippen LogP contribution < -0.4 is 24.6 Å². The summed E-state index contributed by atoms with van der Waals surface area (Å²) in [6.45, 7) is 13.7. The van der Waals surface area contributed by atoms with E-state index in [9.17, 15) is 24.4 Å². The van der Waals surface area contributed by atoms with Crippen LogP contribution in [0.25, 0.3) is 0 Å². The van der Waals surface area contributed by atoms with E-state index in [4.69, 9.17) is 37.7 Å². The number of nitrogens with zero attached hydrogens (tertiary/aromatic N) is 8. The highest BCUT2D eigenvalue weighted by molar-refractivity contribution is 6.32. The number of halogens is 2. The van der Waals surface area contributed by atoms with Crippen LogP contribution in [-0.2, 0) is 21.6 Å². The van der Waals surface area contributed by atoms with Crippen molar-refractivity contribution < 1.29 is 28.7 Å². The van der Waals surface area contributed by atoms with Gasteiger partial charge in [-0.1, -0.05) is 50.9 Å². The number of fused-ring (bicyclic) bond motifs is 1. The number of alkyl halides is 1. The first-order valence-electron chi connectivity index (χ1n) is 21.7. The summed E-state index contributed by atoms with van der Waals surface area (Å²) >= 11 is 12.3. The highest BCUT2D eigenvalue weighted by Gasteiger charge is 2.45. The minimum atomic E-state index is -1.04. The standard InChI is InChI=1S/C47H51Cl2N9O6/c1-4-5-41(43(60)52-29-59)58-44(61)38-11-8-34(22-39(38)45(58)62)56-26-36(27-56)57-24-35(25-57)54-15-17-55(18-16-54)46-51-14-12-33(53-46)28-64-37-9-6-31(7-10-37)47(2,3)32-20-30(23-50)42(40(49)21-32)63-19-13-48/h6-12,14,20-22,29,35-36,41H,4-5,13,15-19,24-28H2,1-3H3,(H,52,59,60). The van der Waals surface area contributed by atoms with Gasteiger partial charge in [0.15, 0.2) is 5.75 Å². The minimum Gasteiger partial charge on any atom is -0.489 e. The van der Waals surface area contributed by atoms with E-state index in [2.05, 4.69) is 49.8 Å². The van der Waals surface area contributed by atoms with E-state index >= 15 is 0 Å². The zero-order chi connectivity index (χ0) is 45.1. The average Bonchev–Trinajstić information content (AvgIpc) is 3.52. The van der Waals surface area contributed by atoms with E-state index in [0.717, 1.165) is 79.8 Å². The fourth-order valence-electron chi connectivity index (χ4n) is 8.97. The molecular weight excluding hydrogens is 857 g/mol. The summed E-state index contributed by atoms with van der Waals surface area (Å²) in [7, 11) is 0. The van der Waals surface area contributed by atoms with Crippen LogP contribution in [0.2, 0.25) is 5.02 Å². The quantitative estimate of drug-likeness (QED) is 0.0831. The Bertz CT molecular complexity index is 2440. The van der Waals surface area contributed by atoms with Crippen LogP contribution in [0.5, 0.6) is 11.5 Å². The van der Waals surface area contributed by atoms with Crippen molar-refractivity contribution in [2.45, 2.75) is 63.8 Å². The lowest BCUT2D eigenvalue weighted by molar-refractivity contribution is -0.128. The van der Waals surface area contributed by atoms with Crippen molar-refractivity contribution in [2.24, 2.45) is 0 Å². The topological polar surface area (TPSA) is 165 Å². The van der Waals surface area contributed by atoms with Gasteiger partial charge in [0, 0.05) is 81.7 Å². The number of rotatable bonds is 17. The Labute approximate surface area is 382 Å². The van der Waals surface area contributed by atoms with Crippen LogP contribution in [-0.4, -0.2) is 132 Å². The smallest absolute Gasteiger partial charge is 0.262 e. The Balaban J connectivity index is 0.782. The third kappa shape index (κ3) is 8.97. The number of ether oxygens (including phenoxy) is 2. The normalized spacial score (nSPS) is 17.7. The Morgan fingerprint density at radius 2 is 1.64 bits per heavy atom. The van der Waals surface area contributed by atoms with E-state index in [1.54, 1.807) is 18.3 Å². The predicted octanol–water partition coefficient (Wildman–Crippen LogP) is 5.26. The van der Waals surface area contributed by atoms with Crippen LogP contribution in [0.15, 0.2) is 66.9 Å². The SMILES string of the molecule is CCCC(C(=O)NC=O)N1C(=O)c2ccc(N3CC(N4CC(N5CCN(c6nccc(COc7ccc(C(C)(C)c8cc(Cl)c(OCCCl)c(C#N)c8)cc7)n6)CC5)C4)C3)cc2C1=O. The molecule has 4 aliphatic rings. The molecule has 334 valence electrons. The number of nitriles is 1. The molecule has 1 atom stereocenters. The second kappa shape index (κ2) is 19.1. The highest BCUT2D eigenvalue weighted by atomic mass is 35.5. The van der Waals surface area contributed by atoms with Crippen LogP contribution in [0.3, 0.4) is 0 Å². The molecule has 3 fully saturated rings. The van der Waals surface area contributed by atoms with Gasteiger partial charge in [-0.15, -0.1) is 11.6 Å². The summed E-state index contributed by atoms with van der Waals surface area (Å²) in [6, 6.07) is 20.8. The van der Waals surface area contributed by atoms with E-state index < -0.39 is 29.2 Å². The van der Waals surface area contributed by atoms with E-state index in [1.807, 2.05) is 55.5 Å². The Morgan fingerprint density at radius 3 is 2.33 bits per heavy atom. The number of nitrogens with one attached hydrogen (secondary N) is 1. The van der Waals surface area contributed by atoms with Gasteiger partial charge in [-0.25, -0.2) is 9.97 Å². The van der Waals surface area contributed by atoms with E-state index in [1.165, 1.54) is 0 Å². The number of benzene rings is 3. The predicted molar refractivity (Wildman–Crippen MR) is 242 cm³/mol. The molecule has 5 heterocycles. The summed E-state index contributed by atoms with van der Waals surface area (Å²) in [5.74, 6) is 0.381. The first kappa shape index (κ1) is 44.8. The largest absolute Gasteiger partial charge is 0.489 e. The summed E-state index contributed by atoms with van der Waals surface area (Å²) in [4.78, 5) is 70.0. The monoisotopic (exact) mass is 907 g/mol. The van der Waals surface area contributed by atoms with Crippen molar-refractivity contribution in [3.05, 3.63) is 105 Å². The van der Waals surface area contributed by atoms with Gasteiger partial charge < -0.3 is 19.3 Å². The molecular formula is C47H51Cl2N9O6. The summed E-state index contributed by atoms with van der Waals surface area (Å²) in [6.07, 6.45) is 2.89. The van der Waals surface area contributed by atoms with Gasteiger partial charge in [-0.2, -0.15) is 5.26 Å². The first-order chi connectivity index (χ1) is 30.9. The number of carbonyl (C=O) groups excluding carboxylic acids is 4. The van der Waals surface area contributed by atoms with Crippen LogP contribution >= 0.6 is 23.2 Å². The van der Waals surface area contributed by atoms with Gasteiger partial charge in [0.05, 0.1) is 33.3 Å². The zero-order valence-electron chi connectivity index (χ0n) is 36.1. The Kier molecular flexibility index (Phi) is 13.4. The maximum atomic E-state index is 13.4. The summed E-state index contributed by atoms with van der Waals surface area (Å²) in [5.41, 5.74) is 4.07. The Morgan fingerprint density at radius 1 is 0.922 bits per heavy atom. The molecule has 64 heavy (non-hydrogen) atoms. The number of likely N-dealkylation sites (tertiary alicyclic amines) is 1. The molecule has 0 aliphatic carbocycles. The highest BCUT2D eigenvalue weighted by Crippen LogP contribution is 2.39. The van der Waals surface area contributed by atoms with E-state index in [0.29, 0.717) is 64.6 Å². The number of anilines is 2. The molecule has 17 heteroatoms. The molecule has 0 spiro atoms. The molecule has 0 radical (unpaired) electrons. The summed E-state index contributed by atoms with van der Waals surface area (Å²) in [5, 5.41) is 12.3. The average molecular weight is 909 g/mol. The molecule has 0 bridgehead atoms. The number of hydrogen-bond donors (Lipinski definition) is 1. The molecule has 15 nitrogen and oxygen atoms in total. The van der Waals surface area contributed by atoms with Crippen molar-refractivity contribution in [3.63, 3.8) is 0 Å². The third-order valence-corrected chi connectivity index (χ3v) is 13.3. The minimum absolute atomic E-state index is 0.259. The lowest BCUT2D eigenvalue weighted by atomic mass is 9.77. The lowest BCUT2D eigenvalue weighted by Gasteiger charge is -2.55. The van der Waals surface area contributed by atoms with Gasteiger partial charge in [-0.3, -0.25) is 39.2 Å². The fraction of sp³-hybridized carbons (Fsp3) is 0.426. The number of aromatic nitrogens is 2. The lowest BCUT2D eigenvalue weighted by Crippen LogP contribution is -2.71. The van der Waals surface area contributed by atoms with Crippen molar-refractivity contribution >= 4 is 59.0 Å². The van der Waals surface area contributed by atoms with Crippen LogP contribution in [0, 0.1) is 11.3 Å². The van der Waals surface area contributed by atoms with Gasteiger partial charge in [0.2, 0.25) is 18.3 Å². The number of amides is 4. The first-order valence-corrected chi connectivity index (χ1v) is 22.6. The third-order valence-electron chi connectivity index (χ3n) is 12.9. The molecule has 3 aromatic carbocycles. The molecule has 1 N–H and O–H groups in total. The second-order valence-electron chi connectivity index (χ2n) is 17.1. The molecule has 4 aliphatic heterocycles. The van der Waals surface area contributed by atoms with Gasteiger partial charge in [0.1, 0.15) is 31.1 Å². The number of piperazine rings is 1. The van der Waals surface area contributed by atoms with Crippen molar-refractivity contribution in [1.29, 1.82) is 5.26 Å². The van der Waals surface area contributed by atoms with Gasteiger partial charge in [0.25, 0.3) is 11.8 Å². The fourth-order valence-corrected chi connectivity index (χ4v) is 9.32. The maximum absolute atomic E-state index is 13.4. The van der Waals surface area contributed by atoms with Crippen LogP contribution in [0.1, 0.15) is 76.7 Å². The van der Waals surface area contributed by atoms with Crippen molar-refractivity contribution in [1.82, 2.24) is 30.0 Å². The molecule has 0 saturated carbocycles. The zero-order valence-corrected chi connectivity index (χ0v) is 37.6. The molecule has 3 saturated heterocycles. The molecule has 4 aromatic rings. The number of carbonyl (C=O) groups is 4. The molecule has 8 rings (SSSR count). The van der Waals surface area contributed by atoms with Gasteiger partial charge >= 0.3 is 0 Å². The van der Waals surface area contributed by atoms with E-state index in [-0.39, 0.29) is 25.0 Å².